The van der Waals surface area contributed by atoms with Crippen LogP contribution in [0.5, 0.6) is 11.5 Å². The van der Waals surface area contributed by atoms with E-state index in [9.17, 15) is 19.5 Å². The summed E-state index contributed by atoms with van der Waals surface area (Å²) < 4.78 is 5.63. The van der Waals surface area contributed by atoms with Crippen LogP contribution >= 0.6 is 0 Å². The van der Waals surface area contributed by atoms with E-state index in [1.807, 2.05) is 83.2 Å². The fraction of sp³-hybridized carbons (Fsp3) is 0.308. The van der Waals surface area contributed by atoms with Gasteiger partial charge in [-0.15, -0.1) is 6.58 Å². The number of para-hydroxylation sites is 1. The number of nitrogens with one attached hydrogen (secondary N) is 3. The van der Waals surface area contributed by atoms with E-state index in [-0.39, 0.29) is 28.8 Å². The fourth-order valence-corrected chi connectivity index (χ4v) is 6.45. The molecule has 2 amide bonds. The Bertz CT molecular complexity index is 1890. The molecule has 1 spiro atoms. The lowest BCUT2D eigenvalue weighted by Gasteiger charge is -2.44. The first-order chi connectivity index (χ1) is 22.3. The van der Waals surface area contributed by atoms with Crippen molar-refractivity contribution in [2.45, 2.75) is 58.4 Å². The summed E-state index contributed by atoms with van der Waals surface area (Å²) in [4.78, 5) is 43.7. The first kappa shape index (κ1) is 33.3. The number of hydrogen-bond acceptors (Lipinski definition) is 5. The van der Waals surface area contributed by atoms with Crippen molar-refractivity contribution in [2.24, 2.45) is 11.8 Å². The van der Waals surface area contributed by atoms with Crippen molar-refractivity contribution in [3.8, 4) is 11.5 Å². The number of aromatic nitrogens is 1. The average Bonchev–Trinajstić information content (AvgIpc) is 3.41. The molecule has 3 aromatic rings. The molecule has 0 radical (unpaired) electrons. The number of rotatable bonds is 9. The molecule has 5 rings (SSSR count). The van der Waals surface area contributed by atoms with E-state index in [2.05, 4.69) is 22.2 Å². The summed E-state index contributed by atoms with van der Waals surface area (Å²) in [6.45, 7) is 14.0. The fourth-order valence-electron chi connectivity index (χ4n) is 6.45. The number of phenolic OH excluding ortho intramolecular Hbond substituents is 1. The van der Waals surface area contributed by atoms with Crippen molar-refractivity contribution in [2.75, 3.05) is 7.11 Å². The van der Waals surface area contributed by atoms with Crippen LogP contribution in [-0.4, -0.2) is 40.8 Å². The molecular weight excluding hydrogens is 590 g/mol. The second kappa shape index (κ2) is 12.9. The zero-order valence-corrected chi connectivity index (χ0v) is 27.9. The van der Waals surface area contributed by atoms with Crippen LogP contribution in [0.2, 0.25) is 0 Å². The van der Waals surface area contributed by atoms with E-state index >= 15 is 0 Å². The first-order valence-corrected chi connectivity index (χ1v) is 15.8. The Labute approximate surface area is 276 Å². The molecule has 2 aliphatic rings. The number of carbonyl (C=O) groups excluding carboxylic acids is 3. The van der Waals surface area contributed by atoms with Crippen molar-refractivity contribution in [1.82, 2.24) is 15.6 Å². The van der Waals surface area contributed by atoms with Crippen LogP contribution in [0.1, 0.15) is 73.8 Å². The van der Waals surface area contributed by atoms with Gasteiger partial charge in [-0.2, -0.15) is 0 Å². The average molecular weight is 634 g/mol. The molecule has 1 saturated heterocycles. The molecule has 0 bridgehead atoms. The Morgan fingerprint density at radius 1 is 1.15 bits per heavy atom. The number of aromatic amines is 1. The molecular formula is C39H43N3O5. The molecule has 1 aromatic heterocycles. The standard InChI is InChI=1S/C39H43N3O5/c1-8-38(5,6)35-29(27-11-9-10-12-31(27)40-35)20-32-36(45)42-39(37(46)41-32)21-24(4)14-16-26(39)17-18-28-30(22-43)34(44)25(15-13-23(2)3)19-33(28)47-7/h8-14,16-20,22,24,26,40,44H,1,15,21H2,2-7H3,(H,41,46)(H,42,45)/b18-17+,32-20-/t24-,26-,39-/m0/s1. The van der Waals surface area contributed by atoms with Gasteiger partial charge in [0.05, 0.1) is 12.7 Å². The Hall–Kier alpha value is -5.11. The zero-order chi connectivity index (χ0) is 34.1. The van der Waals surface area contributed by atoms with Crippen LogP contribution < -0.4 is 15.4 Å². The van der Waals surface area contributed by atoms with Gasteiger partial charge in [0.15, 0.2) is 6.29 Å². The SMILES string of the molecule is C=CC(C)(C)c1[nH]c2ccccc2c1/C=C1\NC(=O)[C@@]2(C[C@@H](C)C=C[C@H]2/C=C/c2c(OC)cc(CC=C(C)C)c(O)c2C=O)NC1=O. The van der Waals surface area contributed by atoms with Crippen LogP contribution in [0.3, 0.4) is 0 Å². The summed E-state index contributed by atoms with van der Waals surface area (Å²) in [5.74, 6) is -0.964. The van der Waals surface area contributed by atoms with Gasteiger partial charge < -0.3 is 25.5 Å². The Morgan fingerprint density at radius 2 is 1.89 bits per heavy atom. The Morgan fingerprint density at radius 3 is 2.57 bits per heavy atom. The molecule has 1 aliphatic carbocycles. The number of fused-ring (bicyclic) bond motifs is 1. The maximum Gasteiger partial charge on any atom is 0.268 e. The minimum Gasteiger partial charge on any atom is -0.507 e. The van der Waals surface area contributed by atoms with Gasteiger partial charge in [-0.05, 0) is 50.8 Å². The van der Waals surface area contributed by atoms with Crippen molar-refractivity contribution >= 4 is 41.2 Å². The summed E-state index contributed by atoms with van der Waals surface area (Å²) in [5, 5.41) is 17.9. The Balaban J connectivity index is 1.53. The molecule has 3 atom stereocenters. The van der Waals surface area contributed by atoms with Gasteiger partial charge in [0.1, 0.15) is 22.7 Å². The minimum atomic E-state index is -1.28. The van der Waals surface area contributed by atoms with E-state index < -0.39 is 22.8 Å². The number of carbonyl (C=O) groups is 3. The van der Waals surface area contributed by atoms with Crippen LogP contribution in [0, 0.1) is 11.8 Å². The van der Waals surface area contributed by atoms with Crippen molar-refractivity contribution < 1.29 is 24.2 Å². The number of hydrogen-bond donors (Lipinski definition) is 4. The third-order valence-electron chi connectivity index (χ3n) is 9.24. The summed E-state index contributed by atoms with van der Waals surface area (Å²) in [7, 11) is 1.50. The van der Waals surface area contributed by atoms with Gasteiger partial charge in [0.25, 0.3) is 11.8 Å². The summed E-state index contributed by atoms with van der Waals surface area (Å²) in [5.41, 5.74) is 3.19. The highest BCUT2D eigenvalue weighted by molar-refractivity contribution is 6.10. The van der Waals surface area contributed by atoms with Gasteiger partial charge in [0, 0.05) is 44.6 Å². The quantitative estimate of drug-likeness (QED) is 0.116. The molecule has 0 saturated carbocycles. The second-order valence-electron chi connectivity index (χ2n) is 13.3. The molecule has 8 nitrogen and oxygen atoms in total. The van der Waals surface area contributed by atoms with Crippen LogP contribution in [-0.2, 0) is 21.4 Å². The number of methoxy groups -OCH3 is 1. The topological polar surface area (TPSA) is 121 Å². The predicted molar refractivity (Wildman–Crippen MR) is 187 cm³/mol. The molecule has 0 unspecified atom stereocenters. The van der Waals surface area contributed by atoms with Crippen LogP contribution in [0.4, 0.5) is 0 Å². The lowest BCUT2D eigenvalue weighted by Crippen LogP contribution is -2.68. The van der Waals surface area contributed by atoms with E-state index in [0.717, 1.165) is 27.7 Å². The minimum absolute atomic E-state index is 0.0170. The van der Waals surface area contributed by atoms with Crippen molar-refractivity contribution in [3.63, 3.8) is 0 Å². The number of piperazine rings is 1. The molecule has 2 aromatic carbocycles. The Kier molecular flexibility index (Phi) is 9.16. The van der Waals surface area contributed by atoms with Crippen LogP contribution in [0.15, 0.2) is 78.6 Å². The largest absolute Gasteiger partial charge is 0.507 e. The number of benzene rings is 2. The third kappa shape index (κ3) is 6.20. The molecule has 1 aliphatic heterocycles. The van der Waals surface area contributed by atoms with E-state index in [1.165, 1.54) is 7.11 Å². The summed E-state index contributed by atoms with van der Waals surface area (Å²) in [6.07, 6.45) is 14.3. The first-order valence-electron chi connectivity index (χ1n) is 15.8. The van der Waals surface area contributed by atoms with E-state index in [1.54, 1.807) is 24.3 Å². The number of phenols is 1. The summed E-state index contributed by atoms with van der Waals surface area (Å²) >= 11 is 0. The molecule has 4 N–H and O–H groups in total. The molecule has 47 heavy (non-hydrogen) atoms. The lowest BCUT2D eigenvalue weighted by molar-refractivity contribution is -0.138. The number of aldehydes is 1. The number of H-pyrrole nitrogens is 1. The van der Waals surface area contributed by atoms with Gasteiger partial charge in [-0.3, -0.25) is 14.4 Å². The maximum atomic E-state index is 14.1. The number of aromatic hydroxyl groups is 1. The highest BCUT2D eigenvalue weighted by atomic mass is 16.5. The van der Waals surface area contributed by atoms with Gasteiger partial charge >= 0.3 is 0 Å². The molecule has 244 valence electrons. The monoisotopic (exact) mass is 633 g/mol. The smallest absolute Gasteiger partial charge is 0.268 e. The number of allylic oxidation sites excluding steroid dienone is 4. The van der Waals surface area contributed by atoms with Crippen molar-refractivity contribution in [3.05, 3.63) is 107 Å². The highest BCUT2D eigenvalue weighted by Crippen LogP contribution is 2.40. The highest BCUT2D eigenvalue weighted by Gasteiger charge is 2.50. The molecule has 1 fully saturated rings. The van der Waals surface area contributed by atoms with Gasteiger partial charge in [0.2, 0.25) is 0 Å². The summed E-state index contributed by atoms with van der Waals surface area (Å²) in [6, 6.07) is 9.55. The zero-order valence-electron chi connectivity index (χ0n) is 27.9. The third-order valence-corrected chi connectivity index (χ3v) is 9.24. The van der Waals surface area contributed by atoms with Gasteiger partial charge in [-0.25, -0.2) is 0 Å². The second-order valence-corrected chi connectivity index (χ2v) is 13.3. The van der Waals surface area contributed by atoms with E-state index in [0.29, 0.717) is 36.0 Å². The molecule has 2 heterocycles. The van der Waals surface area contributed by atoms with Crippen LogP contribution in [0.25, 0.3) is 23.1 Å². The normalized spacial score (nSPS) is 22.0. The van der Waals surface area contributed by atoms with Crippen molar-refractivity contribution in [1.29, 1.82) is 0 Å². The lowest BCUT2D eigenvalue weighted by atomic mass is 9.71. The van der Waals surface area contributed by atoms with E-state index in [4.69, 9.17) is 4.74 Å². The number of ether oxygens (including phenoxy) is 1. The number of amides is 2. The maximum absolute atomic E-state index is 14.1. The van der Waals surface area contributed by atoms with Gasteiger partial charge in [-0.1, -0.05) is 81.0 Å². The molecule has 8 heteroatoms. The predicted octanol–water partition coefficient (Wildman–Crippen LogP) is 6.92.